The largest absolute Gasteiger partial charge is 0.386 e. The number of aliphatic hydroxyl groups is 1. The van der Waals surface area contributed by atoms with Crippen molar-refractivity contribution in [2.45, 2.75) is 13.0 Å². The summed E-state index contributed by atoms with van der Waals surface area (Å²) >= 11 is 3.15. The van der Waals surface area contributed by atoms with E-state index in [1.54, 1.807) is 18.3 Å². The van der Waals surface area contributed by atoms with Gasteiger partial charge in [-0.3, -0.25) is 0 Å². The van der Waals surface area contributed by atoms with Gasteiger partial charge in [0.15, 0.2) is 0 Å². The normalized spacial score (nSPS) is 13.1. The van der Waals surface area contributed by atoms with Crippen molar-refractivity contribution in [2.75, 3.05) is 0 Å². The Morgan fingerprint density at radius 3 is 2.85 bits per heavy atom. The third kappa shape index (κ3) is 1.80. The summed E-state index contributed by atoms with van der Waals surface area (Å²) in [5.41, 5.74) is 2.09. The molecule has 2 heterocycles. The predicted molar refractivity (Wildman–Crippen MR) is 56.1 cm³/mol. The molecule has 0 bridgehead atoms. The molecule has 0 saturated heterocycles. The fraction of sp³-hybridized carbons (Fsp3) is 0.222. The topological polar surface area (TPSA) is 33.1 Å². The van der Waals surface area contributed by atoms with E-state index in [1.165, 1.54) is 11.3 Å². The number of aromatic nitrogens is 1. The first-order valence-electron chi connectivity index (χ1n) is 3.93. The number of hydrogen-bond acceptors (Lipinski definition) is 4. The molecule has 4 heteroatoms. The van der Waals surface area contributed by atoms with E-state index in [9.17, 15) is 5.11 Å². The van der Waals surface area contributed by atoms with E-state index in [-0.39, 0.29) is 0 Å². The van der Waals surface area contributed by atoms with Crippen molar-refractivity contribution in [3.8, 4) is 11.3 Å². The average Bonchev–Trinajstić information content (AvgIpc) is 2.75. The molecule has 0 spiro atoms. The van der Waals surface area contributed by atoms with E-state index in [1.807, 2.05) is 16.8 Å². The molecule has 2 nitrogen and oxygen atoms in total. The van der Waals surface area contributed by atoms with Gasteiger partial charge >= 0.3 is 0 Å². The zero-order valence-electron chi connectivity index (χ0n) is 7.10. The maximum atomic E-state index is 9.29. The summed E-state index contributed by atoms with van der Waals surface area (Å²) in [5, 5.41) is 16.1. The molecular weight excluding hydrogens is 202 g/mol. The lowest BCUT2D eigenvalue weighted by molar-refractivity contribution is 0.199. The van der Waals surface area contributed by atoms with Crippen LogP contribution in [-0.2, 0) is 0 Å². The zero-order chi connectivity index (χ0) is 9.26. The maximum absolute atomic E-state index is 9.29. The van der Waals surface area contributed by atoms with E-state index in [4.69, 9.17) is 0 Å². The van der Waals surface area contributed by atoms with E-state index >= 15 is 0 Å². The quantitative estimate of drug-likeness (QED) is 0.828. The van der Waals surface area contributed by atoms with Gasteiger partial charge < -0.3 is 5.11 Å². The van der Waals surface area contributed by atoms with Gasteiger partial charge in [-0.25, -0.2) is 4.98 Å². The second-order valence-electron chi connectivity index (χ2n) is 2.76. The number of nitrogens with zero attached hydrogens (tertiary/aromatic N) is 1. The summed E-state index contributed by atoms with van der Waals surface area (Å²) in [6.45, 7) is 1.73. The molecular formula is C9H9NOS2. The van der Waals surface area contributed by atoms with Crippen molar-refractivity contribution in [3.05, 3.63) is 27.2 Å². The second kappa shape index (κ2) is 3.57. The van der Waals surface area contributed by atoms with Crippen LogP contribution in [0, 0.1) is 0 Å². The molecule has 0 saturated carbocycles. The lowest BCUT2D eigenvalue weighted by Crippen LogP contribution is -1.88. The molecule has 1 unspecified atom stereocenters. The van der Waals surface area contributed by atoms with Gasteiger partial charge in [0.1, 0.15) is 11.1 Å². The van der Waals surface area contributed by atoms with Crippen molar-refractivity contribution >= 4 is 22.7 Å². The number of rotatable bonds is 2. The monoisotopic (exact) mass is 211 g/mol. The number of thiophene rings is 1. The average molecular weight is 211 g/mol. The number of thiazole rings is 1. The second-order valence-corrected chi connectivity index (χ2v) is 4.43. The minimum atomic E-state index is -0.461. The first-order valence-corrected chi connectivity index (χ1v) is 5.75. The van der Waals surface area contributed by atoms with Crippen molar-refractivity contribution in [1.29, 1.82) is 0 Å². The van der Waals surface area contributed by atoms with Gasteiger partial charge in [0.2, 0.25) is 0 Å². The van der Waals surface area contributed by atoms with E-state index < -0.39 is 6.10 Å². The van der Waals surface area contributed by atoms with Crippen LogP contribution in [0.15, 0.2) is 22.2 Å². The Labute approximate surface area is 84.5 Å². The summed E-state index contributed by atoms with van der Waals surface area (Å²) in [6.07, 6.45) is -0.461. The van der Waals surface area contributed by atoms with Gasteiger partial charge in [0, 0.05) is 16.3 Å². The van der Waals surface area contributed by atoms with Gasteiger partial charge in [-0.15, -0.1) is 11.3 Å². The van der Waals surface area contributed by atoms with Gasteiger partial charge in [0.05, 0.1) is 5.69 Å². The molecule has 1 N–H and O–H groups in total. The van der Waals surface area contributed by atoms with Gasteiger partial charge in [-0.05, 0) is 18.4 Å². The van der Waals surface area contributed by atoms with Gasteiger partial charge in [-0.1, -0.05) is 0 Å². The van der Waals surface area contributed by atoms with Gasteiger partial charge in [0.25, 0.3) is 0 Å². The molecule has 0 radical (unpaired) electrons. The van der Waals surface area contributed by atoms with E-state index in [0.29, 0.717) is 0 Å². The molecule has 0 aliphatic rings. The van der Waals surface area contributed by atoms with Crippen molar-refractivity contribution in [3.63, 3.8) is 0 Å². The Morgan fingerprint density at radius 1 is 1.46 bits per heavy atom. The standard InChI is InChI=1S/C9H9NOS2/c1-6(11)9-10-8(5-13-9)7-2-3-12-4-7/h2-6,11H,1H3. The van der Waals surface area contributed by atoms with Crippen LogP contribution >= 0.6 is 22.7 Å². The van der Waals surface area contributed by atoms with E-state index in [0.717, 1.165) is 16.3 Å². The Balaban J connectivity index is 2.33. The van der Waals surface area contributed by atoms with Crippen LogP contribution < -0.4 is 0 Å². The molecule has 0 aromatic carbocycles. The third-order valence-corrected chi connectivity index (χ3v) is 3.39. The first kappa shape index (κ1) is 8.87. The highest BCUT2D eigenvalue weighted by Crippen LogP contribution is 2.26. The highest BCUT2D eigenvalue weighted by molar-refractivity contribution is 7.10. The Bertz CT molecular complexity index is 378. The van der Waals surface area contributed by atoms with Crippen LogP contribution in [-0.4, -0.2) is 10.1 Å². The molecule has 2 aromatic rings. The minimum absolute atomic E-state index is 0.461. The van der Waals surface area contributed by atoms with Crippen LogP contribution in [0.4, 0.5) is 0 Å². The highest BCUT2D eigenvalue weighted by atomic mass is 32.1. The minimum Gasteiger partial charge on any atom is -0.386 e. The van der Waals surface area contributed by atoms with E-state index in [2.05, 4.69) is 10.4 Å². The summed E-state index contributed by atoms with van der Waals surface area (Å²) < 4.78 is 0. The Hall–Kier alpha value is -0.710. The number of hydrogen-bond donors (Lipinski definition) is 1. The maximum Gasteiger partial charge on any atom is 0.122 e. The Morgan fingerprint density at radius 2 is 2.31 bits per heavy atom. The fourth-order valence-corrected chi connectivity index (χ4v) is 2.44. The summed E-state index contributed by atoms with van der Waals surface area (Å²) in [6, 6.07) is 2.03. The molecule has 0 fully saturated rings. The predicted octanol–water partition coefficient (Wildman–Crippen LogP) is 2.92. The summed E-state index contributed by atoms with van der Waals surface area (Å²) in [4.78, 5) is 4.33. The lowest BCUT2D eigenvalue weighted by atomic mass is 10.3. The van der Waals surface area contributed by atoms with Crippen molar-refractivity contribution in [1.82, 2.24) is 4.98 Å². The van der Waals surface area contributed by atoms with Crippen LogP contribution in [0.1, 0.15) is 18.0 Å². The van der Waals surface area contributed by atoms with Crippen LogP contribution in [0.5, 0.6) is 0 Å². The smallest absolute Gasteiger partial charge is 0.122 e. The van der Waals surface area contributed by atoms with Crippen LogP contribution in [0.25, 0.3) is 11.3 Å². The fourth-order valence-electron chi connectivity index (χ4n) is 1.02. The molecule has 68 valence electrons. The van der Waals surface area contributed by atoms with Crippen LogP contribution in [0.2, 0.25) is 0 Å². The van der Waals surface area contributed by atoms with Crippen molar-refractivity contribution < 1.29 is 5.11 Å². The highest BCUT2D eigenvalue weighted by Gasteiger charge is 2.08. The molecule has 1 atom stereocenters. The molecule has 0 amide bonds. The number of aliphatic hydroxyl groups excluding tert-OH is 1. The van der Waals surface area contributed by atoms with Crippen molar-refractivity contribution in [2.24, 2.45) is 0 Å². The zero-order valence-corrected chi connectivity index (χ0v) is 8.73. The first-order chi connectivity index (χ1) is 6.27. The lowest BCUT2D eigenvalue weighted by Gasteiger charge is -1.95. The molecule has 0 aliphatic carbocycles. The van der Waals surface area contributed by atoms with Gasteiger partial charge in [-0.2, -0.15) is 11.3 Å². The molecule has 2 rings (SSSR count). The Kier molecular flexibility index (Phi) is 2.44. The molecule has 2 aromatic heterocycles. The third-order valence-electron chi connectivity index (χ3n) is 1.70. The SMILES string of the molecule is CC(O)c1nc(-c2ccsc2)cs1. The molecule has 13 heavy (non-hydrogen) atoms. The molecule has 0 aliphatic heterocycles. The summed E-state index contributed by atoms with van der Waals surface area (Å²) in [7, 11) is 0. The summed E-state index contributed by atoms with van der Waals surface area (Å²) in [5.74, 6) is 0. The van der Waals surface area contributed by atoms with Crippen LogP contribution in [0.3, 0.4) is 0 Å².